The van der Waals surface area contributed by atoms with E-state index in [-0.39, 0.29) is 6.10 Å². The standard InChI is InChI=1S/C16H26O2/c1-11(2)15-7-6-12(3)9-16(15)18-10-13(4)8-14(5)17/h6-7,9,11,13-14,17H,8,10H2,1-5H3. The fourth-order valence-corrected chi connectivity index (χ4v) is 2.13. The summed E-state index contributed by atoms with van der Waals surface area (Å²) >= 11 is 0. The SMILES string of the molecule is Cc1ccc(C(C)C)c(OCC(C)CC(C)O)c1. The summed E-state index contributed by atoms with van der Waals surface area (Å²) in [5, 5.41) is 9.35. The predicted molar refractivity (Wildman–Crippen MR) is 76.2 cm³/mol. The van der Waals surface area contributed by atoms with E-state index < -0.39 is 0 Å². The van der Waals surface area contributed by atoms with Crippen LogP contribution in [0.25, 0.3) is 0 Å². The fraction of sp³-hybridized carbons (Fsp3) is 0.625. The molecule has 0 saturated carbocycles. The molecule has 2 atom stereocenters. The van der Waals surface area contributed by atoms with Gasteiger partial charge in [0.2, 0.25) is 0 Å². The number of hydrogen-bond donors (Lipinski definition) is 1. The van der Waals surface area contributed by atoms with Crippen molar-refractivity contribution in [3.05, 3.63) is 29.3 Å². The maximum atomic E-state index is 9.35. The van der Waals surface area contributed by atoms with E-state index in [0.29, 0.717) is 18.4 Å². The van der Waals surface area contributed by atoms with Crippen LogP contribution in [0.15, 0.2) is 18.2 Å². The third-order valence-corrected chi connectivity index (χ3v) is 3.06. The van der Waals surface area contributed by atoms with Gasteiger partial charge in [0.25, 0.3) is 0 Å². The van der Waals surface area contributed by atoms with Crippen molar-refractivity contribution in [1.82, 2.24) is 0 Å². The minimum absolute atomic E-state index is 0.259. The van der Waals surface area contributed by atoms with E-state index in [9.17, 15) is 5.11 Å². The molecule has 0 fully saturated rings. The highest BCUT2D eigenvalue weighted by molar-refractivity contribution is 5.39. The summed E-state index contributed by atoms with van der Waals surface area (Å²) in [4.78, 5) is 0. The van der Waals surface area contributed by atoms with Gasteiger partial charge in [0.15, 0.2) is 0 Å². The number of benzene rings is 1. The van der Waals surface area contributed by atoms with Crippen LogP contribution in [0.5, 0.6) is 5.75 Å². The van der Waals surface area contributed by atoms with Gasteiger partial charge in [-0.2, -0.15) is 0 Å². The van der Waals surface area contributed by atoms with Gasteiger partial charge in [0, 0.05) is 0 Å². The van der Waals surface area contributed by atoms with Crippen LogP contribution in [0.2, 0.25) is 0 Å². The molecule has 102 valence electrons. The van der Waals surface area contributed by atoms with Crippen LogP contribution in [0, 0.1) is 12.8 Å². The van der Waals surface area contributed by atoms with Crippen LogP contribution in [0.4, 0.5) is 0 Å². The lowest BCUT2D eigenvalue weighted by molar-refractivity contribution is 0.142. The van der Waals surface area contributed by atoms with Crippen LogP contribution in [0.3, 0.4) is 0 Å². The second-order valence-electron chi connectivity index (χ2n) is 5.70. The van der Waals surface area contributed by atoms with Crippen LogP contribution >= 0.6 is 0 Å². The van der Waals surface area contributed by atoms with Crippen LogP contribution in [-0.4, -0.2) is 17.8 Å². The van der Waals surface area contributed by atoms with Crippen LogP contribution in [0.1, 0.15) is 51.2 Å². The normalized spacial score (nSPS) is 14.6. The van der Waals surface area contributed by atoms with E-state index in [1.54, 1.807) is 0 Å². The van der Waals surface area contributed by atoms with E-state index in [1.807, 2.05) is 6.92 Å². The molecule has 2 nitrogen and oxygen atoms in total. The molecule has 0 bridgehead atoms. The highest BCUT2D eigenvalue weighted by Crippen LogP contribution is 2.28. The van der Waals surface area contributed by atoms with Crippen molar-refractivity contribution < 1.29 is 9.84 Å². The Morgan fingerprint density at radius 3 is 2.39 bits per heavy atom. The zero-order valence-corrected chi connectivity index (χ0v) is 12.2. The molecule has 0 amide bonds. The first-order chi connectivity index (χ1) is 8.40. The molecule has 0 aliphatic heterocycles. The van der Waals surface area contributed by atoms with Crippen molar-refractivity contribution in [2.24, 2.45) is 5.92 Å². The minimum atomic E-state index is -0.259. The third kappa shape index (κ3) is 4.69. The van der Waals surface area contributed by atoms with Gasteiger partial charge in [0.05, 0.1) is 12.7 Å². The zero-order chi connectivity index (χ0) is 13.7. The molecule has 1 N–H and O–H groups in total. The van der Waals surface area contributed by atoms with Crippen molar-refractivity contribution >= 4 is 0 Å². The minimum Gasteiger partial charge on any atom is -0.493 e. The van der Waals surface area contributed by atoms with Crippen molar-refractivity contribution in [1.29, 1.82) is 0 Å². The van der Waals surface area contributed by atoms with Gasteiger partial charge in [-0.05, 0) is 49.3 Å². The second-order valence-corrected chi connectivity index (χ2v) is 5.70. The maximum Gasteiger partial charge on any atom is 0.123 e. The quantitative estimate of drug-likeness (QED) is 0.829. The number of ether oxygens (including phenoxy) is 1. The Morgan fingerprint density at radius 1 is 1.17 bits per heavy atom. The molecule has 18 heavy (non-hydrogen) atoms. The summed E-state index contributed by atoms with van der Waals surface area (Å²) in [6.07, 6.45) is 0.522. The molecule has 0 aliphatic rings. The van der Waals surface area contributed by atoms with Crippen molar-refractivity contribution in [3.63, 3.8) is 0 Å². The first kappa shape index (κ1) is 15.0. The van der Waals surface area contributed by atoms with Gasteiger partial charge < -0.3 is 9.84 Å². The summed E-state index contributed by atoms with van der Waals surface area (Å²) < 4.78 is 5.93. The number of aliphatic hydroxyl groups excluding tert-OH is 1. The number of rotatable bonds is 6. The van der Waals surface area contributed by atoms with Crippen LogP contribution < -0.4 is 4.74 Å². The summed E-state index contributed by atoms with van der Waals surface area (Å²) in [6.45, 7) is 11.0. The van der Waals surface area contributed by atoms with E-state index in [4.69, 9.17) is 4.74 Å². The zero-order valence-electron chi connectivity index (χ0n) is 12.2. The van der Waals surface area contributed by atoms with Gasteiger partial charge >= 0.3 is 0 Å². The molecule has 0 aliphatic carbocycles. The molecule has 0 radical (unpaired) electrons. The molecule has 1 aromatic carbocycles. The summed E-state index contributed by atoms with van der Waals surface area (Å²) in [6, 6.07) is 6.38. The Kier molecular flexibility index (Phi) is 5.67. The molecule has 1 aromatic rings. The lowest BCUT2D eigenvalue weighted by Crippen LogP contribution is -2.15. The number of aryl methyl sites for hydroxylation is 1. The van der Waals surface area contributed by atoms with Crippen LogP contribution in [-0.2, 0) is 0 Å². The van der Waals surface area contributed by atoms with Gasteiger partial charge in [-0.25, -0.2) is 0 Å². The fourth-order valence-electron chi connectivity index (χ4n) is 2.13. The third-order valence-electron chi connectivity index (χ3n) is 3.06. The Bertz CT molecular complexity index is 369. The molecule has 2 unspecified atom stereocenters. The Hall–Kier alpha value is -1.02. The molecule has 2 heteroatoms. The Morgan fingerprint density at radius 2 is 1.83 bits per heavy atom. The lowest BCUT2D eigenvalue weighted by atomic mass is 10.0. The number of hydrogen-bond acceptors (Lipinski definition) is 2. The summed E-state index contributed by atoms with van der Waals surface area (Å²) in [5.74, 6) is 1.82. The van der Waals surface area contributed by atoms with Crippen molar-refractivity contribution in [2.75, 3.05) is 6.61 Å². The highest BCUT2D eigenvalue weighted by atomic mass is 16.5. The van der Waals surface area contributed by atoms with E-state index >= 15 is 0 Å². The first-order valence-corrected chi connectivity index (χ1v) is 6.81. The first-order valence-electron chi connectivity index (χ1n) is 6.81. The smallest absolute Gasteiger partial charge is 0.123 e. The van der Waals surface area contributed by atoms with Crippen molar-refractivity contribution in [3.8, 4) is 5.75 Å². The van der Waals surface area contributed by atoms with Gasteiger partial charge in [-0.15, -0.1) is 0 Å². The number of aliphatic hydroxyl groups is 1. The van der Waals surface area contributed by atoms with E-state index in [2.05, 4.69) is 45.9 Å². The molecular weight excluding hydrogens is 224 g/mol. The topological polar surface area (TPSA) is 29.5 Å². The summed E-state index contributed by atoms with van der Waals surface area (Å²) in [5.41, 5.74) is 2.47. The average Bonchev–Trinajstić information content (AvgIpc) is 2.25. The van der Waals surface area contributed by atoms with E-state index in [1.165, 1.54) is 11.1 Å². The monoisotopic (exact) mass is 250 g/mol. The Labute approximate surface area is 111 Å². The van der Waals surface area contributed by atoms with Gasteiger partial charge in [-0.3, -0.25) is 0 Å². The van der Waals surface area contributed by atoms with Crippen molar-refractivity contribution in [2.45, 2.75) is 53.1 Å². The highest BCUT2D eigenvalue weighted by Gasteiger charge is 2.11. The largest absolute Gasteiger partial charge is 0.493 e. The molecule has 0 heterocycles. The molecule has 1 rings (SSSR count). The Balaban J connectivity index is 2.68. The predicted octanol–water partition coefficient (Wildman–Crippen LogP) is 3.90. The van der Waals surface area contributed by atoms with Gasteiger partial charge in [0.1, 0.15) is 5.75 Å². The molecule has 0 aromatic heterocycles. The molecular formula is C16H26O2. The maximum absolute atomic E-state index is 9.35. The van der Waals surface area contributed by atoms with Gasteiger partial charge in [-0.1, -0.05) is 32.9 Å². The summed E-state index contributed by atoms with van der Waals surface area (Å²) in [7, 11) is 0. The lowest BCUT2D eigenvalue weighted by Gasteiger charge is -2.18. The van der Waals surface area contributed by atoms with E-state index in [0.717, 1.165) is 12.2 Å². The molecule has 0 saturated heterocycles. The second kappa shape index (κ2) is 6.79. The average molecular weight is 250 g/mol. The molecule has 0 spiro atoms.